The van der Waals surface area contributed by atoms with Gasteiger partial charge in [0.05, 0.1) is 6.61 Å². The van der Waals surface area contributed by atoms with Crippen LogP contribution in [0.3, 0.4) is 0 Å². The minimum absolute atomic E-state index is 0.0923. The molecule has 0 bridgehead atoms. The largest absolute Gasteiger partial charge is 0.384 e. The summed E-state index contributed by atoms with van der Waals surface area (Å²) in [4.78, 5) is 0. The van der Waals surface area contributed by atoms with Crippen LogP contribution in [-0.4, -0.2) is 13.7 Å². The molecule has 0 aliphatic heterocycles. The predicted molar refractivity (Wildman–Crippen MR) is 74.4 cm³/mol. The summed E-state index contributed by atoms with van der Waals surface area (Å²) >= 11 is 0. The molecule has 108 valence electrons. The third-order valence-corrected chi connectivity index (χ3v) is 3.36. The van der Waals surface area contributed by atoms with E-state index in [1.807, 2.05) is 13.8 Å². The molecule has 1 nitrogen and oxygen atoms in total. The maximum atomic E-state index is 14.0. The summed E-state index contributed by atoms with van der Waals surface area (Å²) in [5.74, 6) is -1.50. The van der Waals surface area contributed by atoms with Gasteiger partial charge in [0.2, 0.25) is 0 Å². The van der Waals surface area contributed by atoms with Crippen LogP contribution in [0, 0.1) is 24.0 Å². The molecule has 0 saturated heterocycles. The number of hydrogen-bond donors (Lipinski definition) is 0. The van der Waals surface area contributed by atoms with Crippen molar-refractivity contribution in [1.29, 1.82) is 0 Å². The Bertz CT molecular complexity index is 450. The number of ether oxygens (including phenoxy) is 1. The van der Waals surface area contributed by atoms with Crippen molar-refractivity contribution in [3.63, 3.8) is 0 Å². The van der Waals surface area contributed by atoms with E-state index in [1.54, 1.807) is 20.1 Å². The average molecular weight is 270 g/mol. The molecule has 0 amide bonds. The van der Waals surface area contributed by atoms with Crippen LogP contribution in [0.15, 0.2) is 12.1 Å². The van der Waals surface area contributed by atoms with Gasteiger partial charge in [-0.05, 0) is 41.4 Å². The van der Waals surface area contributed by atoms with Crippen molar-refractivity contribution in [2.24, 2.45) is 5.41 Å². The second kappa shape index (κ2) is 5.58. The van der Waals surface area contributed by atoms with Crippen LogP contribution in [0.4, 0.5) is 8.78 Å². The Balaban J connectivity index is 3.13. The van der Waals surface area contributed by atoms with Gasteiger partial charge in [0.25, 0.3) is 0 Å². The molecule has 1 aromatic carbocycles. The molecule has 0 atom stereocenters. The molecular weight excluding hydrogens is 246 g/mol. The Morgan fingerprint density at radius 3 is 2.21 bits per heavy atom. The highest BCUT2D eigenvalue weighted by Crippen LogP contribution is 2.38. The fourth-order valence-corrected chi connectivity index (χ4v) is 2.95. The molecule has 0 radical (unpaired) electrons. The first-order valence-electron chi connectivity index (χ1n) is 6.54. The molecule has 0 aromatic heterocycles. The first kappa shape index (κ1) is 16.1. The molecule has 0 saturated carbocycles. The minimum atomic E-state index is -0.771. The maximum absolute atomic E-state index is 14.0. The van der Waals surface area contributed by atoms with Crippen LogP contribution in [0.2, 0.25) is 0 Å². The molecule has 0 aliphatic rings. The lowest BCUT2D eigenvalue weighted by Gasteiger charge is -2.35. The van der Waals surface area contributed by atoms with Crippen molar-refractivity contribution in [2.45, 2.75) is 46.5 Å². The first-order chi connectivity index (χ1) is 8.59. The quantitative estimate of drug-likeness (QED) is 0.759. The number of hydrogen-bond acceptors (Lipinski definition) is 1. The summed E-state index contributed by atoms with van der Waals surface area (Å²) in [5.41, 5.74) is 0.643. The van der Waals surface area contributed by atoms with E-state index < -0.39 is 17.0 Å². The number of aryl methyl sites for hydroxylation is 1. The number of halogens is 2. The normalized spacial score (nSPS) is 12.8. The van der Waals surface area contributed by atoms with Crippen LogP contribution in [0.5, 0.6) is 0 Å². The zero-order valence-electron chi connectivity index (χ0n) is 12.7. The molecule has 0 heterocycles. The molecule has 1 rings (SSSR count). The third kappa shape index (κ3) is 4.00. The Morgan fingerprint density at radius 1 is 1.11 bits per heavy atom. The Kier molecular flexibility index (Phi) is 4.72. The van der Waals surface area contributed by atoms with Crippen LogP contribution in [0.25, 0.3) is 0 Å². The molecule has 1 aromatic rings. The van der Waals surface area contributed by atoms with Crippen molar-refractivity contribution >= 4 is 0 Å². The lowest BCUT2D eigenvalue weighted by atomic mass is 9.71. The van der Waals surface area contributed by atoms with Gasteiger partial charge in [-0.3, -0.25) is 0 Å². The van der Waals surface area contributed by atoms with Crippen molar-refractivity contribution < 1.29 is 13.5 Å². The topological polar surface area (TPSA) is 9.23 Å². The van der Waals surface area contributed by atoms with Gasteiger partial charge >= 0.3 is 0 Å². The Labute approximate surface area is 115 Å². The smallest absolute Gasteiger partial charge is 0.162 e. The lowest BCUT2D eigenvalue weighted by Crippen LogP contribution is -2.31. The van der Waals surface area contributed by atoms with Gasteiger partial charge in [0.1, 0.15) is 0 Å². The number of rotatable bonds is 5. The Hall–Kier alpha value is -0.960. The summed E-state index contributed by atoms with van der Waals surface area (Å²) in [6, 6.07) is 2.97. The predicted octanol–water partition coefficient (Wildman–Crippen LogP) is 4.61. The van der Waals surface area contributed by atoms with Crippen molar-refractivity contribution in [2.75, 3.05) is 13.7 Å². The standard InChI is InChI=1S/C16H24F2O/c1-11-7-12(14(18)13(17)8-11)16(4,5)9-15(2,3)10-19-6/h7-8H,9-10H2,1-6H3. The van der Waals surface area contributed by atoms with Crippen molar-refractivity contribution in [1.82, 2.24) is 0 Å². The molecule has 19 heavy (non-hydrogen) atoms. The summed E-state index contributed by atoms with van der Waals surface area (Å²) in [6.45, 7) is 10.4. The highest BCUT2D eigenvalue weighted by molar-refractivity contribution is 5.31. The fourth-order valence-electron chi connectivity index (χ4n) is 2.95. The average Bonchev–Trinajstić information content (AvgIpc) is 2.21. The van der Waals surface area contributed by atoms with Crippen molar-refractivity contribution in [3.8, 4) is 0 Å². The maximum Gasteiger partial charge on any atom is 0.162 e. The Morgan fingerprint density at radius 2 is 1.68 bits per heavy atom. The van der Waals surface area contributed by atoms with Gasteiger partial charge in [-0.2, -0.15) is 0 Å². The number of methoxy groups -OCH3 is 1. The van der Waals surface area contributed by atoms with E-state index >= 15 is 0 Å². The summed E-state index contributed by atoms with van der Waals surface area (Å²) in [5, 5.41) is 0. The zero-order chi connectivity index (χ0) is 14.8. The van der Waals surface area contributed by atoms with Gasteiger partial charge in [-0.1, -0.05) is 33.8 Å². The summed E-state index contributed by atoms with van der Waals surface area (Å²) in [6.07, 6.45) is 0.716. The van der Waals surface area contributed by atoms with Gasteiger partial charge in [0, 0.05) is 7.11 Å². The van der Waals surface area contributed by atoms with Crippen LogP contribution < -0.4 is 0 Å². The minimum Gasteiger partial charge on any atom is -0.384 e. The van der Waals surface area contributed by atoms with E-state index in [0.29, 0.717) is 18.6 Å². The highest BCUT2D eigenvalue weighted by atomic mass is 19.2. The fraction of sp³-hybridized carbons (Fsp3) is 0.625. The zero-order valence-corrected chi connectivity index (χ0v) is 12.7. The highest BCUT2D eigenvalue weighted by Gasteiger charge is 2.33. The van der Waals surface area contributed by atoms with E-state index in [1.165, 1.54) is 6.07 Å². The van der Waals surface area contributed by atoms with E-state index in [4.69, 9.17) is 4.74 Å². The number of benzene rings is 1. The summed E-state index contributed by atoms with van der Waals surface area (Å²) in [7, 11) is 1.65. The molecule has 0 aliphatic carbocycles. The molecule has 0 fully saturated rings. The lowest BCUT2D eigenvalue weighted by molar-refractivity contribution is 0.0824. The second-order valence-corrected chi connectivity index (χ2v) is 6.77. The van der Waals surface area contributed by atoms with Crippen LogP contribution in [-0.2, 0) is 10.2 Å². The van der Waals surface area contributed by atoms with E-state index in [9.17, 15) is 8.78 Å². The summed E-state index contributed by atoms with van der Waals surface area (Å²) < 4.78 is 32.8. The van der Waals surface area contributed by atoms with Crippen LogP contribution in [0.1, 0.15) is 45.2 Å². The molecule has 0 unspecified atom stereocenters. The third-order valence-electron chi connectivity index (χ3n) is 3.36. The SMILES string of the molecule is COCC(C)(C)CC(C)(C)c1cc(C)cc(F)c1F. The van der Waals surface area contributed by atoms with Gasteiger partial charge in [-0.25, -0.2) is 8.78 Å². The van der Waals surface area contributed by atoms with E-state index in [2.05, 4.69) is 13.8 Å². The molecule has 0 spiro atoms. The molecule has 0 N–H and O–H groups in total. The van der Waals surface area contributed by atoms with Crippen molar-refractivity contribution in [3.05, 3.63) is 34.9 Å². The van der Waals surface area contributed by atoms with Gasteiger partial charge in [-0.15, -0.1) is 0 Å². The monoisotopic (exact) mass is 270 g/mol. The van der Waals surface area contributed by atoms with E-state index in [-0.39, 0.29) is 5.41 Å². The first-order valence-corrected chi connectivity index (χ1v) is 6.54. The van der Waals surface area contributed by atoms with Gasteiger partial charge < -0.3 is 4.74 Å². The van der Waals surface area contributed by atoms with Gasteiger partial charge in [0.15, 0.2) is 11.6 Å². The molecule has 3 heteroatoms. The van der Waals surface area contributed by atoms with Crippen LogP contribution >= 0.6 is 0 Å². The molecular formula is C16H24F2O. The van der Waals surface area contributed by atoms with E-state index in [0.717, 1.165) is 5.56 Å². The second-order valence-electron chi connectivity index (χ2n) is 6.77.